The van der Waals surface area contributed by atoms with Gasteiger partial charge >= 0.3 is 6.09 Å². The molecule has 0 spiro atoms. The maximum absolute atomic E-state index is 11.9. The first-order chi connectivity index (χ1) is 7.92. The van der Waals surface area contributed by atoms with E-state index in [-0.39, 0.29) is 6.09 Å². The van der Waals surface area contributed by atoms with Crippen LogP contribution in [0.1, 0.15) is 47.0 Å². The Morgan fingerprint density at radius 1 is 1.29 bits per heavy atom. The Morgan fingerprint density at radius 3 is 2.59 bits per heavy atom. The third-order valence-corrected chi connectivity index (χ3v) is 2.73. The number of carbonyl (C=O) groups excluding carboxylic acids is 1. The summed E-state index contributed by atoms with van der Waals surface area (Å²) < 4.78 is 11.0. The first-order valence-corrected chi connectivity index (χ1v) is 6.52. The Bertz CT molecular complexity index is 248. The molecule has 4 nitrogen and oxygen atoms in total. The Hall–Kier alpha value is -0.770. The fourth-order valence-corrected chi connectivity index (χ4v) is 1.98. The molecule has 17 heavy (non-hydrogen) atoms. The van der Waals surface area contributed by atoms with Crippen LogP contribution in [0.3, 0.4) is 0 Å². The lowest BCUT2D eigenvalue weighted by Crippen LogP contribution is -2.37. The van der Waals surface area contributed by atoms with Gasteiger partial charge in [-0.05, 0) is 47.0 Å². The number of carbonyl (C=O) groups is 1. The lowest BCUT2D eigenvalue weighted by molar-refractivity contribution is 0.0230. The van der Waals surface area contributed by atoms with Crippen molar-refractivity contribution in [3.05, 3.63) is 0 Å². The van der Waals surface area contributed by atoms with E-state index in [1.165, 1.54) is 0 Å². The van der Waals surface area contributed by atoms with Crippen LogP contribution in [0.25, 0.3) is 0 Å². The van der Waals surface area contributed by atoms with Crippen molar-refractivity contribution in [1.82, 2.24) is 4.90 Å². The molecule has 0 bridgehead atoms. The molecule has 1 rings (SSSR count). The second kappa shape index (κ2) is 6.24. The summed E-state index contributed by atoms with van der Waals surface area (Å²) in [7, 11) is 0. The second-order valence-corrected chi connectivity index (χ2v) is 5.48. The van der Waals surface area contributed by atoms with Gasteiger partial charge in [-0.3, -0.25) is 0 Å². The van der Waals surface area contributed by atoms with Crippen molar-refractivity contribution in [2.45, 2.75) is 58.7 Å². The molecule has 1 amide bonds. The first-order valence-electron chi connectivity index (χ1n) is 6.52. The molecule has 0 aliphatic carbocycles. The lowest BCUT2D eigenvalue weighted by atomic mass is 10.2. The topological polar surface area (TPSA) is 38.8 Å². The van der Waals surface area contributed by atoms with Gasteiger partial charge in [0.05, 0.1) is 6.10 Å². The van der Waals surface area contributed by atoms with Crippen LogP contribution in [-0.4, -0.2) is 42.4 Å². The number of hydrogen-bond donors (Lipinski definition) is 0. The van der Waals surface area contributed by atoms with E-state index in [9.17, 15) is 4.79 Å². The van der Waals surface area contributed by atoms with Gasteiger partial charge < -0.3 is 14.4 Å². The molecule has 1 fully saturated rings. The molecule has 0 N–H and O–H groups in total. The zero-order valence-electron chi connectivity index (χ0n) is 11.5. The molecule has 0 aromatic rings. The van der Waals surface area contributed by atoms with Gasteiger partial charge in [0.25, 0.3) is 0 Å². The van der Waals surface area contributed by atoms with Crippen molar-refractivity contribution in [3.63, 3.8) is 0 Å². The van der Waals surface area contributed by atoms with Crippen molar-refractivity contribution in [2.75, 3.05) is 19.7 Å². The highest BCUT2D eigenvalue weighted by Gasteiger charge is 2.25. The molecule has 1 heterocycles. The van der Waals surface area contributed by atoms with Gasteiger partial charge in [-0.15, -0.1) is 0 Å². The van der Waals surface area contributed by atoms with E-state index in [0.717, 1.165) is 39.0 Å². The molecule has 0 radical (unpaired) electrons. The minimum absolute atomic E-state index is 0.199. The van der Waals surface area contributed by atoms with Crippen LogP contribution in [-0.2, 0) is 9.47 Å². The van der Waals surface area contributed by atoms with Gasteiger partial charge in [0.15, 0.2) is 0 Å². The van der Waals surface area contributed by atoms with E-state index >= 15 is 0 Å². The SMILES string of the molecule is CCOC1CCCN(C(=O)OC(C)(C)C)CC1. The molecule has 4 heteroatoms. The summed E-state index contributed by atoms with van der Waals surface area (Å²) in [5, 5.41) is 0. The third-order valence-electron chi connectivity index (χ3n) is 2.73. The number of nitrogens with zero attached hydrogens (tertiary/aromatic N) is 1. The fourth-order valence-electron chi connectivity index (χ4n) is 1.98. The molecule has 0 saturated carbocycles. The summed E-state index contributed by atoms with van der Waals surface area (Å²) in [5.41, 5.74) is -0.414. The molecule has 1 aliphatic rings. The highest BCUT2D eigenvalue weighted by molar-refractivity contribution is 5.68. The number of likely N-dealkylation sites (tertiary alicyclic amines) is 1. The van der Waals surface area contributed by atoms with Gasteiger partial charge in [-0.25, -0.2) is 4.79 Å². The number of ether oxygens (including phenoxy) is 2. The van der Waals surface area contributed by atoms with Gasteiger partial charge in [0.2, 0.25) is 0 Å². The van der Waals surface area contributed by atoms with Crippen LogP contribution in [0.5, 0.6) is 0 Å². The predicted molar refractivity (Wildman–Crippen MR) is 67.1 cm³/mol. The van der Waals surface area contributed by atoms with Crippen molar-refractivity contribution in [1.29, 1.82) is 0 Å². The van der Waals surface area contributed by atoms with Crippen LogP contribution in [0.2, 0.25) is 0 Å². The zero-order chi connectivity index (χ0) is 12.9. The maximum Gasteiger partial charge on any atom is 0.410 e. The third kappa shape index (κ3) is 5.39. The molecule has 1 aliphatic heterocycles. The van der Waals surface area contributed by atoms with Crippen molar-refractivity contribution < 1.29 is 14.3 Å². The van der Waals surface area contributed by atoms with Crippen LogP contribution < -0.4 is 0 Å². The molecule has 1 saturated heterocycles. The van der Waals surface area contributed by atoms with Crippen molar-refractivity contribution >= 4 is 6.09 Å². The largest absolute Gasteiger partial charge is 0.444 e. The molecule has 1 atom stereocenters. The van der Waals surface area contributed by atoms with Gasteiger partial charge in [-0.1, -0.05) is 0 Å². The van der Waals surface area contributed by atoms with E-state index in [1.807, 2.05) is 27.7 Å². The molecule has 0 aromatic heterocycles. The smallest absolute Gasteiger partial charge is 0.410 e. The highest BCUT2D eigenvalue weighted by atomic mass is 16.6. The number of rotatable bonds is 2. The van der Waals surface area contributed by atoms with E-state index in [4.69, 9.17) is 9.47 Å². The van der Waals surface area contributed by atoms with Crippen molar-refractivity contribution in [2.24, 2.45) is 0 Å². The molecule has 1 unspecified atom stereocenters. The molecular weight excluding hydrogens is 218 g/mol. The van der Waals surface area contributed by atoms with Gasteiger partial charge in [0.1, 0.15) is 5.60 Å². The Labute approximate surface area is 104 Å². The van der Waals surface area contributed by atoms with Gasteiger partial charge in [-0.2, -0.15) is 0 Å². The van der Waals surface area contributed by atoms with Crippen LogP contribution in [0.4, 0.5) is 4.79 Å². The van der Waals surface area contributed by atoms with E-state index < -0.39 is 5.60 Å². The predicted octanol–water partition coefficient (Wildman–Crippen LogP) is 2.81. The van der Waals surface area contributed by atoms with Gasteiger partial charge in [0, 0.05) is 19.7 Å². The average molecular weight is 243 g/mol. The van der Waals surface area contributed by atoms with Crippen LogP contribution in [0, 0.1) is 0 Å². The molecule has 0 aromatic carbocycles. The fraction of sp³-hybridized carbons (Fsp3) is 0.923. The maximum atomic E-state index is 11.9. The van der Waals surface area contributed by atoms with Crippen LogP contribution in [0.15, 0.2) is 0 Å². The summed E-state index contributed by atoms with van der Waals surface area (Å²) in [6.07, 6.45) is 3.03. The summed E-state index contributed by atoms with van der Waals surface area (Å²) in [4.78, 5) is 13.7. The summed E-state index contributed by atoms with van der Waals surface area (Å²) in [5.74, 6) is 0. The molecular formula is C13H25NO3. The quantitative estimate of drug-likeness (QED) is 0.748. The van der Waals surface area contributed by atoms with E-state index in [1.54, 1.807) is 4.90 Å². The Morgan fingerprint density at radius 2 is 2.00 bits per heavy atom. The summed E-state index contributed by atoms with van der Waals surface area (Å²) in [6.45, 7) is 9.95. The average Bonchev–Trinajstić information content (AvgIpc) is 2.41. The van der Waals surface area contributed by atoms with E-state index in [0.29, 0.717) is 6.10 Å². The minimum atomic E-state index is -0.414. The Kier molecular flexibility index (Phi) is 5.25. The summed E-state index contributed by atoms with van der Waals surface area (Å²) in [6, 6.07) is 0. The Balaban J connectivity index is 2.43. The van der Waals surface area contributed by atoms with E-state index in [2.05, 4.69) is 0 Å². The monoisotopic (exact) mass is 243 g/mol. The number of hydrogen-bond acceptors (Lipinski definition) is 3. The summed E-state index contributed by atoms with van der Waals surface area (Å²) >= 11 is 0. The minimum Gasteiger partial charge on any atom is -0.444 e. The molecule has 100 valence electrons. The van der Waals surface area contributed by atoms with Crippen molar-refractivity contribution in [3.8, 4) is 0 Å². The number of amides is 1. The van der Waals surface area contributed by atoms with Crippen LogP contribution >= 0.6 is 0 Å². The normalized spacial score (nSPS) is 22.1. The standard InChI is InChI=1S/C13H25NO3/c1-5-16-11-7-6-9-14(10-8-11)12(15)17-13(2,3)4/h11H,5-10H2,1-4H3. The first kappa shape index (κ1) is 14.3. The highest BCUT2D eigenvalue weighted by Crippen LogP contribution is 2.17. The zero-order valence-corrected chi connectivity index (χ0v) is 11.5. The second-order valence-electron chi connectivity index (χ2n) is 5.48. The lowest BCUT2D eigenvalue weighted by Gasteiger charge is -2.26.